The van der Waals surface area contributed by atoms with E-state index < -0.39 is 0 Å². The van der Waals surface area contributed by atoms with E-state index in [-0.39, 0.29) is 5.91 Å². The lowest BCUT2D eigenvalue weighted by Gasteiger charge is -2.09. The monoisotopic (exact) mass is 319 g/mol. The number of hydrogen-bond acceptors (Lipinski definition) is 3. The Morgan fingerprint density at radius 1 is 1.42 bits per heavy atom. The summed E-state index contributed by atoms with van der Waals surface area (Å²) >= 11 is 3.34. The minimum absolute atomic E-state index is 0.164. The zero-order valence-corrected chi connectivity index (χ0v) is 12.1. The third-order valence-electron chi connectivity index (χ3n) is 2.82. The number of pyridine rings is 1. The van der Waals surface area contributed by atoms with Gasteiger partial charge in [-0.1, -0.05) is 0 Å². The van der Waals surface area contributed by atoms with Crippen molar-refractivity contribution < 1.29 is 4.79 Å². The summed E-state index contributed by atoms with van der Waals surface area (Å²) in [6.07, 6.45) is 3.49. The Hall–Kier alpha value is -1.88. The number of carbonyl (C=O) groups is 1. The summed E-state index contributed by atoms with van der Waals surface area (Å²) in [6.45, 7) is 2.43. The predicted molar refractivity (Wildman–Crippen MR) is 78.7 cm³/mol. The van der Waals surface area contributed by atoms with Crippen LogP contribution >= 0.6 is 15.9 Å². The van der Waals surface area contributed by atoms with E-state index in [0.717, 1.165) is 15.6 Å². The molecule has 2 aromatic rings. The minimum atomic E-state index is -0.164. The van der Waals surface area contributed by atoms with Crippen LogP contribution in [0.15, 0.2) is 41.1 Å². The summed E-state index contributed by atoms with van der Waals surface area (Å²) in [4.78, 5) is 16.1. The van der Waals surface area contributed by atoms with Crippen LogP contribution in [0.25, 0.3) is 0 Å². The van der Waals surface area contributed by atoms with Crippen molar-refractivity contribution >= 4 is 27.5 Å². The summed E-state index contributed by atoms with van der Waals surface area (Å²) in [5.41, 5.74) is 8.87. The number of aromatic nitrogens is 1. The molecule has 98 valence electrons. The van der Waals surface area contributed by atoms with E-state index in [0.29, 0.717) is 17.8 Å². The Morgan fingerprint density at radius 2 is 2.21 bits per heavy atom. The second kappa shape index (κ2) is 5.84. The number of anilines is 1. The van der Waals surface area contributed by atoms with Gasteiger partial charge in [0.05, 0.1) is 5.56 Å². The number of benzene rings is 1. The summed E-state index contributed by atoms with van der Waals surface area (Å²) in [7, 11) is 0. The molecule has 1 aromatic carbocycles. The zero-order chi connectivity index (χ0) is 13.8. The van der Waals surface area contributed by atoms with Gasteiger partial charge in [0, 0.05) is 29.1 Å². The Morgan fingerprint density at radius 3 is 2.95 bits per heavy atom. The number of nitrogen functional groups attached to an aromatic ring is 1. The summed E-state index contributed by atoms with van der Waals surface area (Å²) < 4.78 is 0.724. The predicted octanol–water partition coefficient (Wildman–Crippen LogP) is 2.66. The van der Waals surface area contributed by atoms with E-state index in [4.69, 9.17) is 5.73 Å². The van der Waals surface area contributed by atoms with Gasteiger partial charge in [0.25, 0.3) is 5.91 Å². The molecule has 1 amide bonds. The van der Waals surface area contributed by atoms with Crippen LogP contribution in [0.1, 0.15) is 21.5 Å². The molecule has 0 radical (unpaired) electrons. The first-order valence-corrected chi connectivity index (χ1v) is 6.60. The molecule has 1 aromatic heterocycles. The van der Waals surface area contributed by atoms with Crippen LogP contribution in [0.2, 0.25) is 0 Å². The van der Waals surface area contributed by atoms with Crippen molar-refractivity contribution in [3.63, 3.8) is 0 Å². The molecule has 0 spiro atoms. The average Bonchev–Trinajstić information content (AvgIpc) is 2.40. The van der Waals surface area contributed by atoms with Crippen molar-refractivity contribution in [3.8, 4) is 0 Å². The van der Waals surface area contributed by atoms with E-state index >= 15 is 0 Å². The number of amides is 1. The van der Waals surface area contributed by atoms with E-state index in [1.807, 2.05) is 13.0 Å². The zero-order valence-electron chi connectivity index (χ0n) is 10.5. The summed E-state index contributed by atoms with van der Waals surface area (Å²) in [5, 5.41) is 2.86. The largest absolute Gasteiger partial charge is 0.399 e. The Balaban J connectivity index is 2.10. The fourth-order valence-corrected chi connectivity index (χ4v) is 2.10. The molecule has 1 heterocycles. The molecule has 19 heavy (non-hydrogen) atoms. The topological polar surface area (TPSA) is 68.0 Å². The highest BCUT2D eigenvalue weighted by Crippen LogP contribution is 2.19. The highest BCUT2D eigenvalue weighted by Gasteiger charge is 2.10. The van der Waals surface area contributed by atoms with E-state index in [1.165, 1.54) is 0 Å². The number of hydrogen-bond donors (Lipinski definition) is 2. The van der Waals surface area contributed by atoms with Crippen LogP contribution in [0.4, 0.5) is 5.69 Å². The number of aryl methyl sites for hydroxylation is 1. The first kappa shape index (κ1) is 13.5. The van der Waals surface area contributed by atoms with Crippen LogP contribution in [0.5, 0.6) is 0 Å². The second-order valence-corrected chi connectivity index (χ2v) is 5.08. The third-order valence-corrected chi connectivity index (χ3v) is 3.51. The lowest BCUT2D eigenvalue weighted by Crippen LogP contribution is -2.23. The van der Waals surface area contributed by atoms with Gasteiger partial charge >= 0.3 is 0 Å². The van der Waals surface area contributed by atoms with Gasteiger partial charge in [0.15, 0.2) is 0 Å². The van der Waals surface area contributed by atoms with E-state index in [2.05, 4.69) is 26.2 Å². The molecule has 0 aliphatic carbocycles. The molecule has 0 fully saturated rings. The van der Waals surface area contributed by atoms with Gasteiger partial charge in [0.2, 0.25) is 0 Å². The second-order valence-electron chi connectivity index (χ2n) is 4.22. The quantitative estimate of drug-likeness (QED) is 0.855. The van der Waals surface area contributed by atoms with Crippen molar-refractivity contribution in [2.24, 2.45) is 0 Å². The lowest BCUT2D eigenvalue weighted by molar-refractivity contribution is 0.0950. The number of halogens is 1. The number of nitrogens with one attached hydrogen (secondary N) is 1. The van der Waals surface area contributed by atoms with E-state index in [9.17, 15) is 4.79 Å². The molecule has 4 nitrogen and oxygen atoms in total. The fourth-order valence-electron chi connectivity index (χ4n) is 1.67. The molecule has 0 unspecified atom stereocenters. The molecule has 0 aliphatic heterocycles. The van der Waals surface area contributed by atoms with Crippen LogP contribution in [0.3, 0.4) is 0 Å². The van der Waals surface area contributed by atoms with Gasteiger partial charge < -0.3 is 11.1 Å². The number of rotatable bonds is 3. The molecule has 5 heteroatoms. The first-order chi connectivity index (χ1) is 9.08. The van der Waals surface area contributed by atoms with Crippen LogP contribution in [0, 0.1) is 6.92 Å². The maximum absolute atomic E-state index is 12.1. The standard InChI is InChI=1S/C14H14BrN3O/c1-9-4-5-17-7-10(9)8-18-14(19)12-6-11(16)2-3-13(12)15/h2-7H,8,16H2,1H3,(H,18,19). The number of nitrogens with zero attached hydrogens (tertiary/aromatic N) is 1. The Labute approximate surface area is 120 Å². The van der Waals surface area contributed by atoms with Gasteiger partial charge in [-0.25, -0.2) is 0 Å². The molecule has 3 N–H and O–H groups in total. The van der Waals surface area contributed by atoms with Gasteiger partial charge in [-0.3, -0.25) is 9.78 Å². The maximum atomic E-state index is 12.1. The maximum Gasteiger partial charge on any atom is 0.252 e. The molecule has 0 saturated heterocycles. The van der Waals surface area contributed by atoms with Crippen molar-refractivity contribution in [1.82, 2.24) is 10.3 Å². The smallest absolute Gasteiger partial charge is 0.252 e. The van der Waals surface area contributed by atoms with Gasteiger partial charge in [-0.2, -0.15) is 0 Å². The summed E-state index contributed by atoms with van der Waals surface area (Å²) in [6, 6.07) is 7.07. The number of carbonyl (C=O) groups excluding carboxylic acids is 1. The highest BCUT2D eigenvalue weighted by molar-refractivity contribution is 9.10. The minimum Gasteiger partial charge on any atom is -0.399 e. The molecule has 2 rings (SSSR count). The fraction of sp³-hybridized carbons (Fsp3) is 0.143. The van der Waals surface area contributed by atoms with Crippen molar-refractivity contribution in [1.29, 1.82) is 0 Å². The first-order valence-electron chi connectivity index (χ1n) is 5.80. The van der Waals surface area contributed by atoms with Gasteiger partial charge in [-0.15, -0.1) is 0 Å². The molecule has 0 atom stereocenters. The van der Waals surface area contributed by atoms with Gasteiger partial charge in [-0.05, 0) is 58.2 Å². The van der Waals surface area contributed by atoms with Crippen molar-refractivity contribution in [2.45, 2.75) is 13.5 Å². The summed E-state index contributed by atoms with van der Waals surface area (Å²) in [5.74, 6) is -0.164. The Bertz CT molecular complexity index is 613. The van der Waals surface area contributed by atoms with Crippen LogP contribution < -0.4 is 11.1 Å². The Kier molecular flexibility index (Phi) is 4.16. The average molecular weight is 320 g/mol. The highest BCUT2D eigenvalue weighted by atomic mass is 79.9. The molecular weight excluding hydrogens is 306 g/mol. The normalized spacial score (nSPS) is 10.2. The number of nitrogens with two attached hydrogens (primary N) is 1. The van der Waals surface area contributed by atoms with Crippen molar-refractivity contribution in [2.75, 3.05) is 5.73 Å². The molecule has 0 aliphatic rings. The SMILES string of the molecule is Cc1ccncc1CNC(=O)c1cc(N)ccc1Br. The van der Waals surface area contributed by atoms with Crippen LogP contribution in [-0.2, 0) is 6.54 Å². The lowest BCUT2D eigenvalue weighted by atomic mass is 10.1. The third kappa shape index (κ3) is 3.32. The molecule has 0 saturated carbocycles. The van der Waals surface area contributed by atoms with Gasteiger partial charge in [0.1, 0.15) is 0 Å². The molecule has 0 bridgehead atoms. The molecular formula is C14H14BrN3O. The van der Waals surface area contributed by atoms with Crippen molar-refractivity contribution in [3.05, 3.63) is 57.8 Å². The van der Waals surface area contributed by atoms with Crippen LogP contribution in [-0.4, -0.2) is 10.9 Å². The van der Waals surface area contributed by atoms with E-state index in [1.54, 1.807) is 30.6 Å².